The Hall–Kier alpha value is -3.79. The minimum absolute atomic E-state index is 0.0817. The highest BCUT2D eigenvalue weighted by Gasteiger charge is 2.20. The van der Waals surface area contributed by atoms with Crippen LogP contribution in [0.15, 0.2) is 69.3 Å². The molecule has 0 atom stereocenters. The highest BCUT2D eigenvalue weighted by molar-refractivity contribution is 7.99. The van der Waals surface area contributed by atoms with Crippen LogP contribution < -0.4 is 21.3 Å². The summed E-state index contributed by atoms with van der Waals surface area (Å²) >= 11 is 1.21. The van der Waals surface area contributed by atoms with Gasteiger partial charge in [0.05, 0.1) is 19.4 Å². The second kappa shape index (κ2) is 9.37. The number of benzene rings is 2. The molecule has 9 nitrogen and oxygen atoms in total. The number of hydrogen-bond donors (Lipinski definition) is 1. The fourth-order valence-electron chi connectivity index (χ4n) is 3.45. The zero-order valence-corrected chi connectivity index (χ0v) is 19.3. The smallest absolute Gasteiger partial charge is 0.332 e. The van der Waals surface area contributed by atoms with Gasteiger partial charge in [0.25, 0.3) is 5.56 Å². The van der Waals surface area contributed by atoms with E-state index < -0.39 is 11.2 Å². The first-order valence-corrected chi connectivity index (χ1v) is 11.1. The van der Waals surface area contributed by atoms with Gasteiger partial charge in [-0.05, 0) is 29.8 Å². The van der Waals surface area contributed by atoms with Crippen LogP contribution in [-0.2, 0) is 25.4 Å². The number of rotatable bonds is 7. The van der Waals surface area contributed by atoms with Crippen molar-refractivity contribution in [2.24, 2.45) is 14.1 Å². The van der Waals surface area contributed by atoms with Crippen molar-refractivity contribution < 1.29 is 9.53 Å². The number of imidazole rings is 1. The van der Waals surface area contributed by atoms with E-state index >= 15 is 0 Å². The van der Waals surface area contributed by atoms with E-state index in [1.807, 2.05) is 30.3 Å². The van der Waals surface area contributed by atoms with Crippen molar-refractivity contribution in [3.05, 3.63) is 81.0 Å². The average Bonchev–Trinajstić information content (AvgIpc) is 3.19. The molecule has 0 aliphatic heterocycles. The lowest BCUT2D eigenvalue weighted by Gasteiger charge is -2.10. The van der Waals surface area contributed by atoms with Crippen LogP contribution in [0.5, 0.6) is 5.75 Å². The Balaban J connectivity index is 1.65. The zero-order valence-electron chi connectivity index (χ0n) is 18.4. The van der Waals surface area contributed by atoms with Crippen LogP contribution >= 0.6 is 11.8 Å². The maximum absolute atomic E-state index is 12.9. The van der Waals surface area contributed by atoms with Crippen LogP contribution in [0.1, 0.15) is 5.56 Å². The molecule has 0 saturated carbocycles. The first-order chi connectivity index (χ1) is 15.9. The molecule has 4 aromatic rings. The van der Waals surface area contributed by atoms with Gasteiger partial charge in [-0.1, -0.05) is 42.1 Å². The van der Waals surface area contributed by atoms with Gasteiger partial charge in [-0.25, -0.2) is 9.78 Å². The van der Waals surface area contributed by atoms with E-state index in [0.29, 0.717) is 28.7 Å². The number of anilines is 1. The van der Waals surface area contributed by atoms with Crippen molar-refractivity contribution >= 4 is 34.5 Å². The Bertz CT molecular complexity index is 1420. The highest BCUT2D eigenvalue weighted by Crippen LogP contribution is 2.23. The fraction of sp³-hybridized carbons (Fsp3) is 0.217. The molecule has 0 fully saturated rings. The van der Waals surface area contributed by atoms with Gasteiger partial charge in [0.15, 0.2) is 16.3 Å². The minimum Gasteiger partial charge on any atom is -0.497 e. The van der Waals surface area contributed by atoms with E-state index in [1.54, 1.807) is 43.0 Å². The normalized spacial score (nSPS) is 11.0. The fourth-order valence-corrected chi connectivity index (χ4v) is 4.25. The lowest BCUT2D eigenvalue weighted by molar-refractivity contribution is -0.113. The van der Waals surface area contributed by atoms with E-state index in [2.05, 4.69) is 10.3 Å². The molecular formula is C23H23N5O4S. The molecule has 2 aromatic carbocycles. The summed E-state index contributed by atoms with van der Waals surface area (Å²) in [5.41, 5.74) is 1.35. The van der Waals surface area contributed by atoms with Crippen LogP contribution in [0.4, 0.5) is 5.69 Å². The molecule has 0 spiro atoms. The largest absolute Gasteiger partial charge is 0.497 e. The van der Waals surface area contributed by atoms with E-state index in [1.165, 1.54) is 23.4 Å². The van der Waals surface area contributed by atoms with Gasteiger partial charge in [0.2, 0.25) is 5.91 Å². The summed E-state index contributed by atoms with van der Waals surface area (Å²) in [5, 5.41) is 3.32. The molecular weight excluding hydrogens is 442 g/mol. The summed E-state index contributed by atoms with van der Waals surface area (Å²) in [6, 6.07) is 16.7. The number of methoxy groups -OCH3 is 1. The van der Waals surface area contributed by atoms with Crippen molar-refractivity contribution in [3.8, 4) is 5.75 Å². The first kappa shape index (κ1) is 22.4. The standard InChI is InChI=1S/C23H23N5O4S/c1-26-20-19(21(30)27(2)23(26)31)28(13-15-7-5-4-6-8-15)22(25-20)33-14-18(29)24-16-9-11-17(32-3)12-10-16/h4-12H,13-14H2,1-3H3,(H,24,29). The number of nitrogens with zero attached hydrogens (tertiary/aromatic N) is 4. The molecule has 0 aliphatic carbocycles. The summed E-state index contributed by atoms with van der Waals surface area (Å²) in [4.78, 5) is 42.4. The van der Waals surface area contributed by atoms with Crippen molar-refractivity contribution in [1.29, 1.82) is 0 Å². The third-order valence-corrected chi connectivity index (χ3v) is 6.18. The van der Waals surface area contributed by atoms with Crippen LogP contribution in [0.2, 0.25) is 0 Å². The average molecular weight is 466 g/mol. The number of ether oxygens (including phenoxy) is 1. The SMILES string of the molecule is COc1ccc(NC(=O)CSc2nc3c(c(=O)n(C)c(=O)n3C)n2Cc2ccccc2)cc1. The Morgan fingerprint density at radius 3 is 2.39 bits per heavy atom. The van der Waals surface area contributed by atoms with Crippen molar-refractivity contribution in [2.75, 3.05) is 18.2 Å². The quantitative estimate of drug-likeness (QED) is 0.420. The van der Waals surface area contributed by atoms with E-state index in [0.717, 1.165) is 10.1 Å². The molecule has 1 N–H and O–H groups in total. The van der Waals surface area contributed by atoms with Crippen LogP contribution in [0.3, 0.4) is 0 Å². The van der Waals surface area contributed by atoms with Crippen molar-refractivity contribution in [3.63, 3.8) is 0 Å². The third-order valence-electron chi connectivity index (χ3n) is 5.20. The Labute approximate surface area is 193 Å². The molecule has 4 rings (SSSR count). The van der Waals surface area contributed by atoms with Gasteiger partial charge in [0, 0.05) is 19.8 Å². The number of nitrogens with one attached hydrogen (secondary N) is 1. The number of aryl methyl sites for hydroxylation is 1. The number of carbonyl (C=O) groups is 1. The van der Waals surface area contributed by atoms with E-state index in [9.17, 15) is 14.4 Å². The van der Waals surface area contributed by atoms with Crippen molar-refractivity contribution in [2.45, 2.75) is 11.7 Å². The van der Waals surface area contributed by atoms with Gasteiger partial charge in [0.1, 0.15) is 5.75 Å². The molecule has 10 heteroatoms. The number of hydrogen-bond acceptors (Lipinski definition) is 6. The lowest BCUT2D eigenvalue weighted by Crippen LogP contribution is -2.37. The molecule has 2 heterocycles. The summed E-state index contributed by atoms with van der Waals surface area (Å²) in [6.45, 7) is 0.382. The maximum Gasteiger partial charge on any atom is 0.332 e. The Morgan fingerprint density at radius 2 is 1.73 bits per heavy atom. The van der Waals surface area contributed by atoms with Crippen LogP contribution in [0, 0.1) is 0 Å². The molecule has 33 heavy (non-hydrogen) atoms. The van der Waals surface area contributed by atoms with Gasteiger partial charge in [-0.3, -0.25) is 18.7 Å². The molecule has 1 amide bonds. The number of thioether (sulfide) groups is 1. The monoisotopic (exact) mass is 465 g/mol. The molecule has 170 valence electrons. The molecule has 0 radical (unpaired) electrons. The maximum atomic E-state index is 12.9. The summed E-state index contributed by atoms with van der Waals surface area (Å²) in [7, 11) is 4.60. The second-order valence-electron chi connectivity index (χ2n) is 7.41. The first-order valence-electron chi connectivity index (χ1n) is 10.2. The lowest BCUT2D eigenvalue weighted by atomic mass is 10.2. The van der Waals surface area contributed by atoms with E-state index in [-0.39, 0.29) is 17.3 Å². The summed E-state index contributed by atoms with van der Waals surface area (Å²) in [6.07, 6.45) is 0. The Morgan fingerprint density at radius 1 is 1.03 bits per heavy atom. The number of carbonyl (C=O) groups excluding carboxylic acids is 1. The molecule has 0 saturated heterocycles. The van der Waals surface area contributed by atoms with Crippen molar-refractivity contribution in [1.82, 2.24) is 18.7 Å². The predicted molar refractivity (Wildman–Crippen MR) is 128 cm³/mol. The second-order valence-corrected chi connectivity index (χ2v) is 8.35. The summed E-state index contributed by atoms with van der Waals surface area (Å²) in [5.74, 6) is 0.563. The highest BCUT2D eigenvalue weighted by atomic mass is 32.2. The van der Waals surface area contributed by atoms with Gasteiger partial charge in [-0.15, -0.1) is 0 Å². The van der Waals surface area contributed by atoms with Gasteiger partial charge >= 0.3 is 5.69 Å². The summed E-state index contributed by atoms with van der Waals surface area (Å²) < 4.78 is 9.30. The van der Waals surface area contributed by atoms with Crippen LogP contribution in [-0.4, -0.2) is 37.5 Å². The molecule has 0 unspecified atom stereocenters. The molecule has 2 aromatic heterocycles. The third kappa shape index (κ3) is 4.56. The molecule has 0 aliphatic rings. The topological polar surface area (TPSA) is 100 Å². The van der Waals surface area contributed by atoms with Gasteiger partial charge < -0.3 is 14.6 Å². The number of fused-ring (bicyclic) bond motifs is 1. The minimum atomic E-state index is -0.453. The Kier molecular flexibility index (Phi) is 6.36. The number of amides is 1. The predicted octanol–water partition coefficient (Wildman–Crippen LogP) is 2.22. The number of aromatic nitrogens is 4. The molecule has 0 bridgehead atoms. The zero-order chi connectivity index (χ0) is 23.5. The van der Waals surface area contributed by atoms with Gasteiger partial charge in [-0.2, -0.15) is 0 Å². The van der Waals surface area contributed by atoms with Crippen LogP contribution in [0.25, 0.3) is 11.2 Å². The van der Waals surface area contributed by atoms with E-state index in [4.69, 9.17) is 4.74 Å².